The molecule has 0 fully saturated rings. The summed E-state index contributed by atoms with van der Waals surface area (Å²) in [6, 6.07) is 10.4. The Bertz CT molecular complexity index is 1040. The number of aromatic nitrogens is 2. The van der Waals surface area contributed by atoms with E-state index in [2.05, 4.69) is 20.0 Å². The molecule has 0 unspecified atom stereocenters. The van der Waals surface area contributed by atoms with Crippen molar-refractivity contribution >= 4 is 11.8 Å². The lowest BCUT2D eigenvalue weighted by atomic mass is 10.1. The van der Waals surface area contributed by atoms with E-state index in [1.807, 2.05) is 0 Å². The van der Waals surface area contributed by atoms with E-state index < -0.39 is 12.3 Å². The van der Waals surface area contributed by atoms with Gasteiger partial charge in [0.25, 0.3) is 0 Å². The van der Waals surface area contributed by atoms with E-state index >= 15 is 0 Å². The minimum absolute atomic E-state index is 0.00855. The van der Waals surface area contributed by atoms with Crippen molar-refractivity contribution in [1.82, 2.24) is 9.97 Å². The smallest absolute Gasteiger partial charge is 0.480 e. The summed E-state index contributed by atoms with van der Waals surface area (Å²) >= 11 is 0. The summed E-state index contributed by atoms with van der Waals surface area (Å²) in [4.78, 5) is 19.6. The minimum atomic E-state index is -4.75. The molecule has 0 saturated carbocycles. The lowest BCUT2D eigenvalue weighted by molar-refractivity contribution is -0.274. The standard InChI is InChI=1S/C20H16F3N3O4/c1-29-18-16(19(27)28)8-14(11-26-18)13-5-6-17(25-10-13)24-9-12-3-2-4-15(7-12)30-20(21,22)23/h2-8,10-11H,9H2,1H3,(H,24,25)(H,27,28). The Morgan fingerprint density at radius 2 is 1.87 bits per heavy atom. The third kappa shape index (κ3) is 5.37. The first-order valence-corrected chi connectivity index (χ1v) is 8.57. The summed E-state index contributed by atoms with van der Waals surface area (Å²) in [5.74, 6) is -0.967. The molecule has 156 valence electrons. The summed E-state index contributed by atoms with van der Waals surface area (Å²) in [5.41, 5.74) is 1.69. The van der Waals surface area contributed by atoms with Crippen molar-refractivity contribution in [3.05, 3.63) is 66.0 Å². The van der Waals surface area contributed by atoms with E-state index in [0.29, 0.717) is 22.5 Å². The summed E-state index contributed by atoms with van der Waals surface area (Å²) in [6.45, 7) is 0.231. The zero-order valence-electron chi connectivity index (χ0n) is 15.6. The van der Waals surface area contributed by atoms with Crippen molar-refractivity contribution in [1.29, 1.82) is 0 Å². The number of nitrogens with one attached hydrogen (secondary N) is 1. The molecule has 0 radical (unpaired) electrons. The summed E-state index contributed by atoms with van der Waals surface area (Å²) < 4.78 is 45.8. The first kappa shape index (κ1) is 20.9. The Morgan fingerprint density at radius 3 is 2.50 bits per heavy atom. The number of pyridine rings is 2. The first-order chi connectivity index (χ1) is 14.2. The number of carbonyl (C=O) groups is 1. The second kappa shape index (κ2) is 8.68. The van der Waals surface area contributed by atoms with Gasteiger partial charge < -0.3 is 19.9 Å². The maximum absolute atomic E-state index is 12.3. The average Bonchev–Trinajstić information content (AvgIpc) is 2.71. The second-order valence-corrected chi connectivity index (χ2v) is 6.07. The van der Waals surface area contributed by atoms with E-state index in [-0.39, 0.29) is 23.7 Å². The number of alkyl halides is 3. The number of aromatic carboxylic acids is 1. The molecular formula is C20H16F3N3O4. The van der Waals surface area contributed by atoms with Crippen LogP contribution in [-0.2, 0) is 6.54 Å². The number of carboxylic acid groups (broad SMARTS) is 1. The number of rotatable bonds is 7. The van der Waals surface area contributed by atoms with Crippen molar-refractivity contribution in [2.75, 3.05) is 12.4 Å². The Morgan fingerprint density at radius 1 is 1.10 bits per heavy atom. The van der Waals surface area contributed by atoms with Gasteiger partial charge in [0, 0.05) is 30.1 Å². The van der Waals surface area contributed by atoms with Crippen LogP contribution >= 0.6 is 0 Å². The average molecular weight is 419 g/mol. The van der Waals surface area contributed by atoms with Gasteiger partial charge in [0.15, 0.2) is 0 Å². The van der Waals surface area contributed by atoms with Gasteiger partial charge in [-0.1, -0.05) is 12.1 Å². The van der Waals surface area contributed by atoms with Crippen molar-refractivity contribution in [2.45, 2.75) is 12.9 Å². The molecule has 2 aromatic heterocycles. The molecule has 10 heteroatoms. The highest BCUT2D eigenvalue weighted by atomic mass is 19.4. The largest absolute Gasteiger partial charge is 0.573 e. The molecule has 0 amide bonds. The number of halogens is 3. The van der Waals surface area contributed by atoms with E-state index in [1.165, 1.54) is 43.8 Å². The molecular weight excluding hydrogens is 403 g/mol. The second-order valence-electron chi connectivity index (χ2n) is 6.07. The van der Waals surface area contributed by atoms with Gasteiger partial charge in [-0.2, -0.15) is 0 Å². The van der Waals surface area contributed by atoms with Gasteiger partial charge >= 0.3 is 12.3 Å². The van der Waals surface area contributed by atoms with Gasteiger partial charge in [0.1, 0.15) is 17.1 Å². The molecule has 2 N–H and O–H groups in total. The van der Waals surface area contributed by atoms with Crippen LogP contribution < -0.4 is 14.8 Å². The van der Waals surface area contributed by atoms with Gasteiger partial charge in [0.05, 0.1) is 7.11 Å². The van der Waals surface area contributed by atoms with Crippen LogP contribution in [0.4, 0.5) is 19.0 Å². The third-order valence-corrected chi connectivity index (χ3v) is 3.98. The Balaban J connectivity index is 1.69. The zero-order valence-corrected chi connectivity index (χ0v) is 15.6. The SMILES string of the molecule is COc1ncc(-c2ccc(NCc3cccc(OC(F)(F)F)c3)nc2)cc1C(=O)O. The zero-order chi connectivity index (χ0) is 21.7. The predicted octanol–water partition coefficient (Wildman–Crippen LogP) is 4.36. The third-order valence-electron chi connectivity index (χ3n) is 3.98. The highest BCUT2D eigenvalue weighted by molar-refractivity contribution is 5.91. The molecule has 0 aliphatic rings. The minimum Gasteiger partial charge on any atom is -0.480 e. The van der Waals surface area contributed by atoms with Gasteiger partial charge in [-0.05, 0) is 35.9 Å². The number of methoxy groups -OCH3 is 1. The lowest BCUT2D eigenvalue weighted by Crippen LogP contribution is -2.17. The number of hydrogen-bond acceptors (Lipinski definition) is 6. The summed E-state index contributed by atoms with van der Waals surface area (Å²) in [6.07, 6.45) is -1.75. The van der Waals surface area contributed by atoms with E-state index in [0.717, 1.165) is 0 Å². The van der Waals surface area contributed by atoms with Gasteiger partial charge in [-0.15, -0.1) is 13.2 Å². The van der Waals surface area contributed by atoms with E-state index in [1.54, 1.807) is 18.2 Å². The van der Waals surface area contributed by atoms with Crippen LogP contribution in [0.15, 0.2) is 54.9 Å². The van der Waals surface area contributed by atoms with Crippen LogP contribution in [0, 0.1) is 0 Å². The molecule has 2 heterocycles. The summed E-state index contributed by atoms with van der Waals surface area (Å²) in [7, 11) is 1.33. The fourth-order valence-corrected chi connectivity index (χ4v) is 2.64. The van der Waals surface area contributed by atoms with Crippen LogP contribution in [0.3, 0.4) is 0 Å². The van der Waals surface area contributed by atoms with Crippen molar-refractivity contribution in [2.24, 2.45) is 0 Å². The van der Waals surface area contributed by atoms with Gasteiger partial charge in [-0.25, -0.2) is 14.8 Å². The van der Waals surface area contributed by atoms with Crippen LogP contribution in [0.25, 0.3) is 11.1 Å². The quantitative estimate of drug-likeness (QED) is 0.588. The maximum atomic E-state index is 12.3. The van der Waals surface area contributed by atoms with Crippen LogP contribution in [-0.4, -0.2) is 34.5 Å². The molecule has 1 aromatic carbocycles. The number of anilines is 1. The number of carboxylic acids is 1. The van der Waals surface area contributed by atoms with Crippen molar-refractivity contribution in [3.8, 4) is 22.8 Å². The van der Waals surface area contributed by atoms with Crippen LogP contribution in [0.5, 0.6) is 11.6 Å². The highest BCUT2D eigenvalue weighted by Gasteiger charge is 2.31. The maximum Gasteiger partial charge on any atom is 0.573 e. The van der Waals surface area contributed by atoms with Crippen molar-refractivity contribution < 1.29 is 32.5 Å². The van der Waals surface area contributed by atoms with Crippen molar-refractivity contribution in [3.63, 3.8) is 0 Å². The lowest BCUT2D eigenvalue weighted by Gasteiger charge is -2.11. The Kier molecular flexibility index (Phi) is 6.05. The molecule has 0 atom stereocenters. The normalized spacial score (nSPS) is 11.1. The molecule has 3 aromatic rings. The van der Waals surface area contributed by atoms with E-state index in [9.17, 15) is 23.1 Å². The van der Waals surface area contributed by atoms with E-state index in [4.69, 9.17) is 4.74 Å². The number of ether oxygens (including phenoxy) is 2. The Labute approximate surface area is 169 Å². The molecule has 30 heavy (non-hydrogen) atoms. The highest BCUT2D eigenvalue weighted by Crippen LogP contribution is 2.26. The molecule has 0 saturated heterocycles. The topological polar surface area (TPSA) is 93.6 Å². The summed E-state index contributed by atoms with van der Waals surface area (Å²) in [5, 5.41) is 12.3. The van der Waals surface area contributed by atoms with Gasteiger partial charge in [-0.3, -0.25) is 0 Å². The number of benzene rings is 1. The number of nitrogens with zero attached hydrogens (tertiary/aromatic N) is 2. The predicted molar refractivity (Wildman–Crippen MR) is 101 cm³/mol. The van der Waals surface area contributed by atoms with Crippen LogP contribution in [0.1, 0.15) is 15.9 Å². The Hall–Kier alpha value is -3.82. The van der Waals surface area contributed by atoms with Crippen LogP contribution in [0.2, 0.25) is 0 Å². The molecule has 0 aliphatic heterocycles. The number of hydrogen-bond donors (Lipinski definition) is 2. The fraction of sp³-hybridized carbons (Fsp3) is 0.150. The fourth-order valence-electron chi connectivity index (χ4n) is 2.64. The van der Waals surface area contributed by atoms with Gasteiger partial charge in [0.2, 0.25) is 5.88 Å². The molecule has 0 bridgehead atoms. The molecule has 0 spiro atoms. The first-order valence-electron chi connectivity index (χ1n) is 8.57. The molecule has 0 aliphatic carbocycles. The molecule has 3 rings (SSSR count). The monoisotopic (exact) mass is 419 g/mol. The molecule has 7 nitrogen and oxygen atoms in total.